The van der Waals surface area contributed by atoms with Crippen LogP contribution in [0.4, 0.5) is 0 Å². The molecule has 0 aliphatic heterocycles. The van der Waals surface area contributed by atoms with E-state index in [1.807, 2.05) is 30.3 Å². The van der Waals surface area contributed by atoms with Crippen LogP contribution in [0.1, 0.15) is 7.43 Å². The van der Waals surface area contributed by atoms with Crippen LogP contribution in [0, 0.1) is 11.0 Å². The van der Waals surface area contributed by atoms with E-state index in [0.29, 0.717) is 13.4 Å². The molecule has 0 aliphatic carbocycles. The quantitative estimate of drug-likeness (QED) is 0.136. The van der Waals surface area contributed by atoms with Crippen molar-refractivity contribution in [1.82, 2.24) is 19.9 Å². The van der Waals surface area contributed by atoms with Crippen LogP contribution in [-0.2, 0) is 19.5 Å². The van der Waals surface area contributed by atoms with E-state index in [2.05, 4.69) is 103 Å². The normalized spacial score (nSPS) is 10.4. The van der Waals surface area contributed by atoms with Crippen LogP contribution in [0.5, 0.6) is 0 Å². The molecule has 0 unspecified atom stereocenters. The van der Waals surface area contributed by atoms with Gasteiger partial charge in [-0.1, -0.05) is 93.1 Å². The summed E-state index contributed by atoms with van der Waals surface area (Å²) in [5.74, 6) is 0. The Morgan fingerprint density at radius 2 is 0.977 bits per heavy atom. The number of thiazole rings is 4. The van der Waals surface area contributed by atoms with E-state index in [4.69, 9.17) is 9.97 Å². The molecule has 4 heterocycles. The molecule has 0 bridgehead atoms. The van der Waals surface area contributed by atoms with Crippen molar-refractivity contribution in [2.45, 2.75) is 34.7 Å². The van der Waals surface area contributed by atoms with Gasteiger partial charge in [0.1, 0.15) is 0 Å². The molecule has 214 valence electrons. The molecular weight excluding hydrogens is 668 g/mol. The first kappa shape index (κ1) is 34.1. The standard InChI is InChI=1S/C16H13BN2S2.C9H9BNS.C7H4NS.CH4.Zn/c1-17(2)10-7-8-12-14(9-10)21-16(19-12)15-18-11-5-3-4-6-13(11)20-15;1-10(2)7-3-4-8-9(5-7)12-6-11-8;1-2-4-7-6(3-1)8-5-9-7;;/h3-9H,1-2H3;3-5H,1-2H3;1-4H;1H4;/q;2*-1;;+2. The molecule has 0 fully saturated rings. The molecule has 44 heavy (non-hydrogen) atoms. The fraction of sp³-hybridized carbons (Fsp3) is 0.152. The van der Waals surface area contributed by atoms with Crippen LogP contribution in [0.25, 0.3) is 50.9 Å². The molecule has 0 radical (unpaired) electrons. The predicted molar refractivity (Wildman–Crippen MR) is 196 cm³/mol. The van der Waals surface area contributed by atoms with E-state index in [9.17, 15) is 0 Å². The van der Waals surface area contributed by atoms with Crippen LogP contribution >= 0.6 is 45.3 Å². The van der Waals surface area contributed by atoms with E-state index in [1.54, 1.807) is 45.3 Å². The minimum Gasteiger partial charge on any atom is -0.386 e. The van der Waals surface area contributed by atoms with Crippen molar-refractivity contribution >= 4 is 111 Å². The summed E-state index contributed by atoms with van der Waals surface area (Å²) in [6.45, 7) is 9.98. The minimum atomic E-state index is 0. The summed E-state index contributed by atoms with van der Waals surface area (Å²) in [7, 11) is 0. The third-order valence-electron chi connectivity index (χ3n) is 6.72. The Morgan fingerprint density at radius 3 is 1.57 bits per heavy atom. The van der Waals surface area contributed by atoms with Crippen molar-refractivity contribution in [3.8, 4) is 10.0 Å². The fourth-order valence-corrected chi connectivity index (χ4v) is 7.56. The summed E-state index contributed by atoms with van der Waals surface area (Å²) in [6, 6.07) is 29.2. The van der Waals surface area contributed by atoms with Crippen LogP contribution in [0.15, 0.2) is 84.9 Å². The maximum Gasteiger partial charge on any atom is 2.00 e. The minimum absolute atomic E-state index is 0. The molecular formula is C33H30B2N4S4Zn. The number of para-hydroxylation sites is 2. The van der Waals surface area contributed by atoms with Crippen LogP contribution < -0.4 is 10.9 Å². The van der Waals surface area contributed by atoms with E-state index in [1.165, 1.54) is 29.7 Å². The van der Waals surface area contributed by atoms with Gasteiger partial charge in [0.05, 0.1) is 20.4 Å². The van der Waals surface area contributed by atoms with Crippen LogP contribution in [0.3, 0.4) is 0 Å². The van der Waals surface area contributed by atoms with Gasteiger partial charge in [-0.15, -0.1) is 56.3 Å². The topological polar surface area (TPSA) is 51.6 Å². The fourth-order valence-electron chi connectivity index (χ4n) is 4.30. The van der Waals surface area contributed by atoms with Crippen molar-refractivity contribution in [3.05, 3.63) is 96.0 Å². The second-order valence-corrected chi connectivity index (χ2v) is 14.1. The first-order valence-electron chi connectivity index (χ1n) is 13.7. The molecule has 4 nitrogen and oxygen atoms in total. The van der Waals surface area contributed by atoms with Crippen LogP contribution in [0.2, 0.25) is 27.3 Å². The summed E-state index contributed by atoms with van der Waals surface area (Å²) in [4.78, 5) is 17.6. The number of aromatic nitrogens is 4. The van der Waals surface area contributed by atoms with Gasteiger partial charge in [-0.2, -0.15) is 0 Å². The van der Waals surface area contributed by atoms with Crippen molar-refractivity contribution in [3.63, 3.8) is 0 Å². The molecule has 0 N–H and O–H groups in total. The molecule has 0 amide bonds. The molecule has 8 rings (SSSR count). The van der Waals surface area contributed by atoms with Crippen molar-refractivity contribution in [2.24, 2.45) is 0 Å². The molecule has 0 atom stereocenters. The zero-order valence-corrected chi connectivity index (χ0v) is 30.6. The second kappa shape index (κ2) is 15.5. The third kappa shape index (κ3) is 7.88. The Labute approximate surface area is 288 Å². The molecule has 0 aliphatic rings. The smallest absolute Gasteiger partial charge is 0.386 e. The van der Waals surface area contributed by atoms with Crippen molar-refractivity contribution < 1.29 is 19.5 Å². The average Bonchev–Trinajstić information content (AvgIpc) is 3.81. The van der Waals surface area contributed by atoms with Gasteiger partial charge in [0.15, 0.2) is 23.4 Å². The third-order valence-corrected chi connectivity index (χ3v) is 10.4. The van der Waals surface area contributed by atoms with Crippen molar-refractivity contribution in [1.29, 1.82) is 0 Å². The first-order chi connectivity index (χ1) is 20.4. The number of hydrogen-bond acceptors (Lipinski definition) is 8. The summed E-state index contributed by atoms with van der Waals surface area (Å²) in [6.07, 6.45) is 0. The number of fused-ring (bicyclic) bond motifs is 4. The van der Waals surface area contributed by atoms with Gasteiger partial charge < -0.3 is 9.97 Å². The Kier molecular flexibility index (Phi) is 12.0. The van der Waals surface area contributed by atoms with Gasteiger partial charge in [-0.3, -0.25) is 22.7 Å². The zero-order chi connectivity index (χ0) is 29.1. The van der Waals surface area contributed by atoms with Gasteiger partial charge in [0.25, 0.3) is 0 Å². The summed E-state index contributed by atoms with van der Waals surface area (Å²) < 4.78 is 4.91. The average molecular weight is 698 g/mol. The monoisotopic (exact) mass is 696 g/mol. The van der Waals surface area contributed by atoms with Gasteiger partial charge in [-0.05, 0) is 35.3 Å². The van der Waals surface area contributed by atoms with Crippen LogP contribution in [-0.4, -0.2) is 33.4 Å². The van der Waals surface area contributed by atoms with Gasteiger partial charge >= 0.3 is 19.5 Å². The maximum absolute atomic E-state index is 4.75. The molecule has 0 spiro atoms. The molecule has 4 aromatic carbocycles. The van der Waals surface area contributed by atoms with Gasteiger partial charge in [0.2, 0.25) is 0 Å². The SMILES string of the molecule is C.CB(C)c1ccc2n[c-]sc2c1.CB(C)c1ccc2nc(-c3nc4ccccc4s3)sc2c1.[Zn+2].[c-]1nc2ccccc2s1. The second-order valence-electron chi connectivity index (χ2n) is 10.3. The molecule has 8 aromatic rings. The predicted octanol–water partition coefficient (Wildman–Crippen LogP) is 9.32. The zero-order valence-electron chi connectivity index (χ0n) is 24.4. The number of nitrogens with zero attached hydrogens (tertiary/aromatic N) is 4. The van der Waals surface area contributed by atoms with E-state index in [0.717, 1.165) is 32.1 Å². The Balaban J connectivity index is 0.000000163. The molecule has 0 saturated heterocycles. The molecule has 11 heteroatoms. The number of hydrogen-bond donors (Lipinski definition) is 0. The Bertz CT molecular complexity index is 2030. The van der Waals surface area contributed by atoms with E-state index in [-0.39, 0.29) is 26.9 Å². The first-order valence-corrected chi connectivity index (χ1v) is 17.0. The Hall–Kier alpha value is -2.81. The molecule has 4 aromatic heterocycles. The summed E-state index contributed by atoms with van der Waals surface area (Å²) in [5, 5.41) is 2.04. The van der Waals surface area contributed by atoms with Crippen molar-refractivity contribution in [2.75, 3.05) is 0 Å². The Morgan fingerprint density at radius 1 is 0.523 bits per heavy atom. The maximum atomic E-state index is 4.75. The number of rotatable bonds is 3. The largest absolute Gasteiger partial charge is 2.00 e. The van der Waals surface area contributed by atoms with Gasteiger partial charge in [0, 0.05) is 0 Å². The molecule has 0 saturated carbocycles. The summed E-state index contributed by atoms with van der Waals surface area (Å²) in [5.41, 5.74) is 12.7. The number of benzene rings is 4. The summed E-state index contributed by atoms with van der Waals surface area (Å²) >= 11 is 6.58. The van der Waals surface area contributed by atoms with E-state index >= 15 is 0 Å². The van der Waals surface area contributed by atoms with Gasteiger partial charge in [-0.25, -0.2) is 9.97 Å². The van der Waals surface area contributed by atoms with E-state index < -0.39 is 0 Å².